The van der Waals surface area contributed by atoms with Crippen molar-refractivity contribution in [3.05, 3.63) is 29.0 Å². The van der Waals surface area contributed by atoms with Crippen LogP contribution in [0.25, 0.3) is 10.2 Å². The Kier molecular flexibility index (Phi) is 3.37. The molecule has 0 aliphatic rings. The van der Waals surface area contributed by atoms with Crippen LogP contribution in [0.3, 0.4) is 0 Å². The third-order valence-electron chi connectivity index (χ3n) is 1.64. The molecule has 1 heterocycles. The fourth-order valence-electron chi connectivity index (χ4n) is 1.05. The molecule has 1 aromatic carbocycles. The van der Waals surface area contributed by atoms with Gasteiger partial charge in [-0.2, -0.15) is 0 Å². The molecule has 0 fully saturated rings. The molecule has 0 spiro atoms. The zero-order valence-electron chi connectivity index (χ0n) is 7.97. The largest absolute Gasteiger partial charge is 0.244 e. The normalized spacial score (nSPS) is 9.54. The summed E-state index contributed by atoms with van der Waals surface area (Å²) in [7, 11) is 0. The van der Waals surface area contributed by atoms with Crippen molar-refractivity contribution in [2.24, 2.45) is 0 Å². The number of rotatable bonds is 0. The maximum atomic E-state index is 13.0. The van der Waals surface area contributed by atoms with E-state index >= 15 is 0 Å². The van der Waals surface area contributed by atoms with Crippen molar-refractivity contribution in [2.75, 3.05) is 0 Å². The highest BCUT2D eigenvalue weighted by Gasteiger charge is 2.04. The van der Waals surface area contributed by atoms with E-state index in [-0.39, 0.29) is 5.82 Å². The molecule has 70 valence electrons. The Balaban J connectivity index is 0.000000396. The van der Waals surface area contributed by atoms with Gasteiger partial charge in [-0.1, -0.05) is 19.9 Å². The van der Waals surface area contributed by atoms with Gasteiger partial charge in [-0.05, 0) is 18.6 Å². The molecule has 0 amide bonds. The number of halogens is 1. The SMILES string of the molecule is CC.Cc1ccc(F)c2scnc12. The minimum absolute atomic E-state index is 0.173. The predicted octanol–water partition coefficient (Wildman–Crippen LogP) is 3.77. The lowest BCUT2D eigenvalue weighted by Crippen LogP contribution is -1.78. The van der Waals surface area contributed by atoms with Gasteiger partial charge in [-0.25, -0.2) is 9.37 Å². The second-order valence-electron chi connectivity index (χ2n) is 2.39. The van der Waals surface area contributed by atoms with Gasteiger partial charge in [0.15, 0.2) is 0 Å². The summed E-state index contributed by atoms with van der Waals surface area (Å²) in [5.41, 5.74) is 3.48. The van der Waals surface area contributed by atoms with E-state index in [4.69, 9.17) is 0 Å². The van der Waals surface area contributed by atoms with Crippen molar-refractivity contribution in [3.8, 4) is 0 Å². The molecule has 0 aliphatic heterocycles. The van der Waals surface area contributed by atoms with Crippen LogP contribution in [0.15, 0.2) is 17.6 Å². The van der Waals surface area contributed by atoms with E-state index in [2.05, 4.69) is 4.98 Å². The first-order chi connectivity index (χ1) is 6.29. The van der Waals surface area contributed by atoms with Gasteiger partial charge in [0, 0.05) is 0 Å². The Hall–Kier alpha value is -0.960. The Morgan fingerprint density at radius 2 is 2.00 bits per heavy atom. The van der Waals surface area contributed by atoms with E-state index < -0.39 is 0 Å². The average Bonchev–Trinajstić information content (AvgIpc) is 2.64. The van der Waals surface area contributed by atoms with E-state index in [1.165, 1.54) is 17.4 Å². The van der Waals surface area contributed by atoms with Crippen molar-refractivity contribution in [3.63, 3.8) is 0 Å². The molecule has 0 N–H and O–H groups in total. The van der Waals surface area contributed by atoms with Crippen LogP contribution in [0, 0.1) is 12.7 Å². The van der Waals surface area contributed by atoms with Crippen LogP contribution < -0.4 is 0 Å². The first-order valence-electron chi connectivity index (χ1n) is 4.27. The van der Waals surface area contributed by atoms with Gasteiger partial charge in [0.2, 0.25) is 0 Å². The summed E-state index contributed by atoms with van der Waals surface area (Å²) < 4.78 is 13.6. The molecule has 2 rings (SSSR count). The standard InChI is InChI=1S/C8H6FNS.C2H6/c1-5-2-3-6(9)8-7(5)10-4-11-8;1-2/h2-4H,1H3;1-2H3. The molecule has 1 aromatic heterocycles. The van der Waals surface area contributed by atoms with Gasteiger partial charge in [-0.15, -0.1) is 11.3 Å². The van der Waals surface area contributed by atoms with Gasteiger partial charge in [-0.3, -0.25) is 0 Å². The van der Waals surface area contributed by atoms with Crippen LogP contribution >= 0.6 is 11.3 Å². The molecule has 0 aliphatic carbocycles. The number of benzene rings is 1. The van der Waals surface area contributed by atoms with Crippen LogP contribution in [0.5, 0.6) is 0 Å². The third-order valence-corrected chi connectivity index (χ3v) is 2.47. The smallest absolute Gasteiger partial charge is 0.142 e. The molecule has 1 nitrogen and oxygen atoms in total. The van der Waals surface area contributed by atoms with Crippen molar-refractivity contribution in [2.45, 2.75) is 20.8 Å². The third kappa shape index (κ3) is 1.86. The van der Waals surface area contributed by atoms with E-state index in [0.717, 1.165) is 11.1 Å². The van der Waals surface area contributed by atoms with Gasteiger partial charge in [0.1, 0.15) is 5.82 Å². The number of thiazole rings is 1. The molecule has 0 saturated heterocycles. The second kappa shape index (κ2) is 4.33. The van der Waals surface area contributed by atoms with Crippen molar-refractivity contribution >= 4 is 21.6 Å². The summed E-state index contributed by atoms with van der Waals surface area (Å²) in [6, 6.07) is 3.23. The summed E-state index contributed by atoms with van der Waals surface area (Å²) in [5, 5.41) is 0. The van der Waals surface area contributed by atoms with Crippen LogP contribution in [0.2, 0.25) is 0 Å². The van der Waals surface area contributed by atoms with Crippen LogP contribution in [-0.4, -0.2) is 4.98 Å². The van der Waals surface area contributed by atoms with Crippen LogP contribution in [-0.2, 0) is 0 Å². The van der Waals surface area contributed by atoms with Crippen LogP contribution in [0.4, 0.5) is 4.39 Å². The Labute approximate surface area is 81.2 Å². The number of fused-ring (bicyclic) bond motifs is 1. The van der Waals surface area contributed by atoms with Gasteiger partial charge in [0.05, 0.1) is 15.7 Å². The summed E-state index contributed by atoms with van der Waals surface area (Å²) in [6.07, 6.45) is 0. The fraction of sp³-hybridized carbons (Fsp3) is 0.300. The zero-order chi connectivity index (χ0) is 9.84. The number of aryl methyl sites for hydroxylation is 1. The fourth-order valence-corrected chi connectivity index (χ4v) is 1.82. The van der Waals surface area contributed by atoms with E-state index in [1.54, 1.807) is 11.6 Å². The quantitative estimate of drug-likeness (QED) is 0.626. The first kappa shape index (κ1) is 10.1. The minimum atomic E-state index is -0.173. The zero-order valence-corrected chi connectivity index (χ0v) is 8.78. The highest BCUT2D eigenvalue weighted by atomic mass is 32.1. The number of hydrogen-bond acceptors (Lipinski definition) is 2. The Bertz CT molecular complexity index is 359. The second-order valence-corrected chi connectivity index (χ2v) is 3.25. The van der Waals surface area contributed by atoms with Crippen LogP contribution in [0.1, 0.15) is 19.4 Å². The van der Waals surface area contributed by atoms with Gasteiger partial charge in [0.25, 0.3) is 0 Å². The number of hydrogen-bond donors (Lipinski definition) is 0. The molecule has 0 saturated carbocycles. The van der Waals surface area contributed by atoms with E-state index in [1.807, 2.05) is 20.8 Å². The number of nitrogens with zero attached hydrogens (tertiary/aromatic N) is 1. The Morgan fingerprint density at radius 3 is 2.62 bits per heavy atom. The van der Waals surface area contributed by atoms with Crippen molar-refractivity contribution in [1.29, 1.82) is 0 Å². The molecule has 0 bridgehead atoms. The van der Waals surface area contributed by atoms with Crippen molar-refractivity contribution in [1.82, 2.24) is 4.98 Å². The molecular formula is C10H12FNS. The summed E-state index contributed by atoms with van der Waals surface area (Å²) in [6.45, 7) is 5.93. The van der Waals surface area contributed by atoms with Gasteiger partial charge >= 0.3 is 0 Å². The van der Waals surface area contributed by atoms with E-state index in [9.17, 15) is 4.39 Å². The summed E-state index contributed by atoms with van der Waals surface area (Å²) in [4.78, 5) is 4.06. The molecule has 0 atom stereocenters. The maximum Gasteiger partial charge on any atom is 0.142 e. The molecule has 13 heavy (non-hydrogen) atoms. The summed E-state index contributed by atoms with van der Waals surface area (Å²) in [5.74, 6) is -0.173. The summed E-state index contributed by atoms with van der Waals surface area (Å²) >= 11 is 1.34. The average molecular weight is 197 g/mol. The van der Waals surface area contributed by atoms with Crippen molar-refractivity contribution < 1.29 is 4.39 Å². The minimum Gasteiger partial charge on any atom is -0.244 e. The molecule has 3 heteroatoms. The lowest BCUT2D eigenvalue weighted by atomic mass is 10.2. The first-order valence-corrected chi connectivity index (χ1v) is 5.15. The predicted molar refractivity (Wildman–Crippen MR) is 55.7 cm³/mol. The molecular weight excluding hydrogens is 185 g/mol. The monoisotopic (exact) mass is 197 g/mol. The maximum absolute atomic E-state index is 13.0. The highest BCUT2D eigenvalue weighted by Crippen LogP contribution is 2.23. The molecule has 0 unspecified atom stereocenters. The molecule has 0 radical (unpaired) electrons. The number of aromatic nitrogens is 1. The lowest BCUT2D eigenvalue weighted by Gasteiger charge is -1.93. The molecule has 2 aromatic rings. The topological polar surface area (TPSA) is 12.9 Å². The lowest BCUT2D eigenvalue weighted by molar-refractivity contribution is 0.641. The van der Waals surface area contributed by atoms with E-state index in [0.29, 0.717) is 4.70 Å². The Morgan fingerprint density at radius 1 is 1.31 bits per heavy atom. The highest BCUT2D eigenvalue weighted by molar-refractivity contribution is 7.16. The van der Waals surface area contributed by atoms with Gasteiger partial charge < -0.3 is 0 Å².